The molecule has 2 rings (SSSR count). The third kappa shape index (κ3) is 2.97. The summed E-state index contributed by atoms with van der Waals surface area (Å²) in [7, 11) is 0. The highest BCUT2D eigenvalue weighted by Gasteiger charge is 2.29. The van der Waals surface area contributed by atoms with Gasteiger partial charge in [-0.05, 0) is 18.9 Å². The molecule has 1 fully saturated rings. The van der Waals surface area contributed by atoms with E-state index in [2.05, 4.69) is 5.32 Å². The topological polar surface area (TPSA) is 58.4 Å². The van der Waals surface area contributed by atoms with E-state index >= 15 is 0 Å². The van der Waals surface area contributed by atoms with Crippen molar-refractivity contribution in [1.82, 2.24) is 10.2 Å². The smallest absolute Gasteiger partial charge is 0.318 e. The number of nitrogens with zero attached hydrogens (tertiary/aromatic N) is 1. The predicted octanol–water partition coefficient (Wildman–Crippen LogP) is 1.49. The second kappa shape index (κ2) is 5.19. The van der Waals surface area contributed by atoms with Gasteiger partial charge in [0.1, 0.15) is 0 Å². The maximum atomic E-state index is 11.7. The Hall–Kier alpha value is -1.55. The SMILES string of the molecule is CC(N)CCN1CC(c2ccccc2)NC1=O. The van der Waals surface area contributed by atoms with Crippen LogP contribution < -0.4 is 11.1 Å². The minimum atomic E-state index is 0.0134. The number of nitrogens with two attached hydrogens (primary N) is 1. The lowest BCUT2D eigenvalue weighted by Gasteiger charge is -2.15. The third-order valence-electron chi connectivity index (χ3n) is 3.04. The summed E-state index contributed by atoms with van der Waals surface area (Å²) in [6, 6.07) is 10.3. The van der Waals surface area contributed by atoms with Crippen LogP contribution >= 0.6 is 0 Å². The second-order valence-electron chi connectivity index (χ2n) is 4.62. The fraction of sp³-hybridized carbons (Fsp3) is 0.462. The highest BCUT2D eigenvalue weighted by atomic mass is 16.2. The molecule has 0 aliphatic carbocycles. The van der Waals surface area contributed by atoms with Gasteiger partial charge in [-0.25, -0.2) is 4.79 Å². The molecule has 3 N–H and O–H groups in total. The van der Waals surface area contributed by atoms with Crippen molar-refractivity contribution in [2.24, 2.45) is 5.73 Å². The molecule has 1 heterocycles. The summed E-state index contributed by atoms with van der Waals surface area (Å²) < 4.78 is 0. The molecule has 2 atom stereocenters. The fourth-order valence-electron chi connectivity index (χ4n) is 2.02. The zero-order valence-electron chi connectivity index (χ0n) is 10.1. The van der Waals surface area contributed by atoms with E-state index in [1.807, 2.05) is 42.2 Å². The Kier molecular flexibility index (Phi) is 3.64. The van der Waals surface area contributed by atoms with Gasteiger partial charge in [-0.1, -0.05) is 30.3 Å². The van der Waals surface area contributed by atoms with E-state index in [9.17, 15) is 4.79 Å². The molecule has 17 heavy (non-hydrogen) atoms. The van der Waals surface area contributed by atoms with Crippen molar-refractivity contribution in [3.05, 3.63) is 35.9 Å². The highest BCUT2D eigenvalue weighted by molar-refractivity contribution is 5.77. The van der Waals surface area contributed by atoms with E-state index in [0.717, 1.165) is 25.1 Å². The Balaban J connectivity index is 1.95. The molecule has 0 saturated carbocycles. The van der Waals surface area contributed by atoms with Crippen LogP contribution in [-0.2, 0) is 0 Å². The van der Waals surface area contributed by atoms with Crippen LogP contribution in [0.25, 0.3) is 0 Å². The van der Waals surface area contributed by atoms with Gasteiger partial charge in [0.15, 0.2) is 0 Å². The molecule has 92 valence electrons. The van der Waals surface area contributed by atoms with E-state index in [1.165, 1.54) is 0 Å². The molecule has 0 radical (unpaired) electrons. The van der Waals surface area contributed by atoms with E-state index in [0.29, 0.717) is 0 Å². The lowest BCUT2D eigenvalue weighted by atomic mass is 10.1. The lowest BCUT2D eigenvalue weighted by molar-refractivity contribution is 0.216. The molecule has 0 spiro atoms. The minimum absolute atomic E-state index is 0.0134. The molecule has 1 aliphatic rings. The summed E-state index contributed by atoms with van der Waals surface area (Å²) in [4.78, 5) is 13.6. The van der Waals surface area contributed by atoms with Gasteiger partial charge in [-0.2, -0.15) is 0 Å². The second-order valence-corrected chi connectivity index (χ2v) is 4.62. The van der Waals surface area contributed by atoms with Crippen LogP contribution in [0.5, 0.6) is 0 Å². The van der Waals surface area contributed by atoms with Gasteiger partial charge in [-0.15, -0.1) is 0 Å². The van der Waals surface area contributed by atoms with Crippen molar-refractivity contribution in [2.75, 3.05) is 13.1 Å². The van der Waals surface area contributed by atoms with Crippen molar-refractivity contribution in [1.29, 1.82) is 0 Å². The maximum absolute atomic E-state index is 11.7. The number of nitrogens with one attached hydrogen (secondary N) is 1. The normalized spacial score (nSPS) is 21.4. The maximum Gasteiger partial charge on any atom is 0.318 e. The predicted molar refractivity (Wildman–Crippen MR) is 67.6 cm³/mol. The van der Waals surface area contributed by atoms with Gasteiger partial charge in [0, 0.05) is 19.1 Å². The number of carbonyl (C=O) groups excluding carboxylic acids is 1. The van der Waals surface area contributed by atoms with Gasteiger partial charge in [-0.3, -0.25) is 0 Å². The molecule has 0 bridgehead atoms. The number of urea groups is 1. The summed E-state index contributed by atoms with van der Waals surface area (Å²) in [5, 5.41) is 2.99. The van der Waals surface area contributed by atoms with Crippen LogP contribution in [0.3, 0.4) is 0 Å². The van der Waals surface area contributed by atoms with Gasteiger partial charge >= 0.3 is 6.03 Å². The fourth-order valence-corrected chi connectivity index (χ4v) is 2.02. The van der Waals surface area contributed by atoms with Crippen molar-refractivity contribution in [2.45, 2.75) is 25.4 Å². The number of carbonyl (C=O) groups is 1. The Bertz CT molecular complexity index is 378. The van der Waals surface area contributed by atoms with Gasteiger partial charge in [0.2, 0.25) is 0 Å². The van der Waals surface area contributed by atoms with Crippen LogP contribution in [0.15, 0.2) is 30.3 Å². The number of rotatable bonds is 4. The van der Waals surface area contributed by atoms with Gasteiger partial charge in [0.25, 0.3) is 0 Å². The molecule has 4 nitrogen and oxygen atoms in total. The molecule has 4 heteroatoms. The molecular formula is C13H19N3O. The van der Waals surface area contributed by atoms with Crippen LogP contribution in [0.2, 0.25) is 0 Å². The Morgan fingerprint density at radius 2 is 2.18 bits per heavy atom. The molecule has 1 saturated heterocycles. The van der Waals surface area contributed by atoms with Crippen LogP contribution in [0, 0.1) is 0 Å². The van der Waals surface area contributed by atoms with Crippen molar-refractivity contribution in [3.63, 3.8) is 0 Å². The molecule has 1 aliphatic heterocycles. The first kappa shape index (κ1) is 11.9. The van der Waals surface area contributed by atoms with Crippen LogP contribution in [0.4, 0.5) is 4.79 Å². The van der Waals surface area contributed by atoms with Crippen molar-refractivity contribution >= 4 is 6.03 Å². The lowest BCUT2D eigenvalue weighted by Crippen LogP contribution is -2.32. The molecule has 2 amide bonds. The average Bonchev–Trinajstić information content (AvgIpc) is 2.69. The first-order valence-corrected chi connectivity index (χ1v) is 6.03. The first-order valence-electron chi connectivity index (χ1n) is 6.03. The van der Waals surface area contributed by atoms with E-state index in [1.54, 1.807) is 0 Å². The van der Waals surface area contributed by atoms with E-state index < -0.39 is 0 Å². The first-order chi connectivity index (χ1) is 8.16. The highest BCUT2D eigenvalue weighted by Crippen LogP contribution is 2.19. The number of benzene rings is 1. The summed E-state index contributed by atoms with van der Waals surface area (Å²) in [5.74, 6) is 0. The molecule has 1 aromatic rings. The van der Waals surface area contributed by atoms with Gasteiger partial charge in [0.05, 0.1) is 6.04 Å². The van der Waals surface area contributed by atoms with Crippen LogP contribution in [-0.4, -0.2) is 30.1 Å². The molecular weight excluding hydrogens is 214 g/mol. The van der Waals surface area contributed by atoms with Crippen molar-refractivity contribution < 1.29 is 4.79 Å². The summed E-state index contributed by atoms with van der Waals surface area (Å²) >= 11 is 0. The average molecular weight is 233 g/mol. The molecule has 2 unspecified atom stereocenters. The zero-order valence-corrected chi connectivity index (χ0v) is 10.1. The Labute approximate surface area is 102 Å². The largest absolute Gasteiger partial charge is 0.329 e. The zero-order chi connectivity index (χ0) is 12.3. The third-order valence-corrected chi connectivity index (χ3v) is 3.04. The molecule has 0 aromatic heterocycles. The number of hydrogen-bond acceptors (Lipinski definition) is 2. The monoisotopic (exact) mass is 233 g/mol. The van der Waals surface area contributed by atoms with Gasteiger partial charge < -0.3 is 16.0 Å². The van der Waals surface area contributed by atoms with Crippen molar-refractivity contribution in [3.8, 4) is 0 Å². The van der Waals surface area contributed by atoms with E-state index in [4.69, 9.17) is 5.73 Å². The summed E-state index contributed by atoms with van der Waals surface area (Å²) in [5.41, 5.74) is 6.86. The number of amides is 2. The summed E-state index contributed by atoms with van der Waals surface area (Å²) in [6.45, 7) is 3.42. The molecule has 1 aromatic carbocycles. The van der Waals surface area contributed by atoms with E-state index in [-0.39, 0.29) is 18.1 Å². The standard InChI is InChI=1S/C13H19N3O/c1-10(14)7-8-16-9-12(15-13(16)17)11-5-3-2-4-6-11/h2-6,10,12H,7-9,14H2,1H3,(H,15,17). The Morgan fingerprint density at radius 3 is 2.82 bits per heavy atom. The minimum Gasteiger partial charge on any atom is -0.329 e. The quantitative estimate of drug-likeness (QED) is 0.827. The number of hydrogen-bond donors (Lipinski definition) is 2. The Morgan fingerprint density at radius 1 is 1.47 bits per heavy atom. The van der Waals surface area contributed by atoms with Crippen LogP contribution in [0.1, 0.15) is 24.9 Å². The summed E-state index contributed by atoms with van der Waals surface area (Å²) in [6.07, 6.45) is 0.842.